The van der Waals surface area contributed by atoms with Crippen LogP contribution in [0.4, 0.5) is 0 Å². The predicted molar refractivity (Wildman–Crippen MR) is 46.9 cm³/mol. The Balaban J connectivity index is 1.88. The van der Waals surface area contributed by atoms with Crippen molar-refractivity contribution in [2.75, 3.05) is 6.61 Å². The molecule has 0 bridgehead atoms. The molecule has 0 N–H and O–H groups in total. The number of nitrogens with zero attached hydrogens (tertiary/aromatic N) is 1. The Hall–Kier alpha value is -0.890. The Morgan fingerprint density at radius 3 is 3.00 bits per heavy atom. The van der Waals surface area contributed by atoms with Gasteiger partial charge in [0.05, 0.1) is 12.2 Å². The zero-order chi connectivity index (χ0) is 8.44. The van der Waals surface area contributed by atoms with Crippen LogP contribution in [0.1, 0.15) is 19.0 Å². The van der Waals surface area contributed by atoms with Gasteiger partial charge < -0.3 is 4.74 Å². The zero-order valence-electron chi connectivity index (χ0n) is 7.29. The van der Waals surface area contributed by atoms with Crippen LogP contribution in [-0.4, -0.2) is 17.2 Å². The molecular weight excluding hydrogens is 150 g/mol. The van der Waals surface area contributed by atoms with E-state index in [0.717, 1.165) is 25.1 Å². The maximum absolute atomic E-state index is 5.29. The fourth-order valence-corrected chi connectivity index (χ4v) is 1.21. The van der Waals surface area contributed by atoms with E-state index in [4.69, 9.17) is 4.74 Å². The van der Waals surface area contributed by atoms with Crippen molar-refractivity contribution in [2.24, 2.45) is 0 Å². The third-order valence-electron chi connectivity index (χ3n) is 2.27. The average Bonchev–Trinajstić information content (AvgIpc) is 2.84. The Kier molecular flexibility index (Phi) is 1.85. The van der Waals surface area contributed by atoms with Gasteiger partial charge in [0.25, 0.3) is 0 Å². The molecule has 1 aliphatic rings. The molecule has 2 rings (SSSR count). The van der Waals surface area contributed by atoms with E-state index in [1.54, 1.807) is 0 Å². The number of aryl methyl sites for hydroxylation is 1. The van der Waals surface area contributed by atoms with Gasteiger partial charge in [0, 0.05) is 11.9 Å². The van der Waals surface area contributed by atoms with Gasteiger partial charge in [-0.25, -0.2) is 0 Å². The van der Waals surface area contributed by atoms with Gasteiger partial charge in [-0.05, 0) is 31.9 Å². The van der Waals surface area contributed by atoms with Gasteiger partial charge in [-0.15, -0.1) is 0 Å². The highest BCUT2D eigenvalue weighted by molar-refractivity contribution is 5.05. The van der Waals surface area contributed by atoms with Crippen LogP contribution in [0.3, 0.4) is 0 Å². The van der Waals surface area contributed by atoms with E-state index < -0.39 is 0 Å². The lowest BCUT2D eigenvalue weighted by Gasteiger charge is -2.03. The first-order chi connectivity index (χ1) is 5.79. The summed E-state index contributed by atoms with van der Waals surface area (Å²) in [6.07, 6.45) is 3.95. The Bertz CT molecular complexity index is 254. The standard InChI is InChI=1S/C10H13NO/c1-10(8-12-10)6-5-9-4-2-3-7-11-9/h2-4,7H,5-6,8H2,1H3. The SMILES string of the molecule is CC1(CCc2ccccn2)CO1. The van der Waals surface area contributed by atoms with Crippen molar-refractivity contribution < 1.29 is 4.74 Å². The zero-order valence-corrected chi connectivity index (χ0v) is 7.29. The molecule has 1 aliphatic heterocycles. The molecule has 1 aromatic rings. The highest BCUT2D eigenvalue weighted by Crippen LogP contribution is 2.30. The van der Waals surface area contributed by atoms with E-state index in [0.29, 0.717) is 0 Å². The third-order valence-corrected chi connectivity index (χ3v) is 2.27. The molecule has 0 radical (unpaired) electrons. The molecule has 1 fully saturated rings. The van der Waals surface area contributed by atoms with Crippen molar-refractivity contribution in [2.45, 2.75) is 25.4 Å². The largest absolute Gasteiger partial charge is 0.370 e. The summed E-state index contributed by atoms with van der Waals surface area (Å²) >= 11 is 0. The van der Waals surface area contributed by atoms with Gasteiger partial charge in [0.1, 0.15) is 0 Å². The molecule has 1 atom stereocenters. The molecule has 0 aromatic carbocycles. The fraction of sp³-hybridized carbons (Fsp3) is 0.500. The molecule has 2 heterocycles. The minimum absolute atomic E-state index is 0.164. The number of aromatic nitrogens is 1. The predicted octanol–water partition coefficient (Wildman–Crippen LogP) is 1.80. The van der Waals surface area contributed by atoms with E-state index >= 15 is 0 Å². The first kappa shape index (κ1) is 7.74. The molecule has 0 amide bonds. The van der Waals surface area contributed by atoms with E-state index in [1.165, 1.54) is 0 Å². The van der Waals surface area contributed by atoms with E-state index in [1.807, 2.05) is 18.3 Å². The van der Waals surface area contributed by atoms with Crippen LogP contribution in [0.15, 0.2) is 24.4 Å². The second-order valence-corrected chi connectivity index (χ2v) is 3.56. The van der Waals surface area contributed by atoms with Gasteiger partial charge in [0.15, 0.2) is 0 Å². The van der Waals surface area contributed by atoms with Crippen LogP contribution in [0, 0.1) is 0 Å². The molecule has 0 saturated carbocycles. The van der Waals surface area contributed by atoms with Crippen molar-refractivity contribution >= 4 is 0 Å². The summed E-state index contributed by atoms with van der Waals surface area (Å²) in [6, 6.07) is 6.03. The van der Waals surface area contributed by atoms with Crippen molar-refractivity contribution in [3.8, 4) is 0 Å². The lowest BCUT2D eigenvalue weighted by atomic mass is 10.1. The summed E-state index contributed by atoms with van der Waals surface area (Å²) in [6.45, 7) is 3.07. The monoisotopic (exact) mass is 163 g/mol. The number of rotatable bonds is 3. The highest BCUT2D eigenvalue weighted by atomic mass is 16.6. The smallest absolute Gasteiger partial charge is 0.0892 e. The second kappa shape index (κ2) is 2.87. The lowest BCUT2D eigenvalue weighted by molar-refractivity contribution is 0.308. The topological polar surface area (TPSA) is 25.4 Å². The lowest BCUT2D eigenvalue weighted by Crippen LogP contribution is -2.06. The van der Waals surface area contributed by atoms with E-state index in [-0.39, 0.29) is 5.60 Å². The molecule has 1 saturated heterocycles. The van der Waals surface area contributed by atoms with Crippen molar-refractivity contribution in [3.63, 3.8) is 0 Å². The van der Waals surface area contributed by atoms with Crippen LogP contribution < -0.4 is 0 Å². The summed E-state index contributed by atoms with van der Waals surface area (Å²) in [7, 11) is 0. The summed E-state index contributed by atoms with van der Waals surface area (Å²) in [4.78, 5) is 4.25. The Labute approximate surface area is 72.6 Å². The van der Waals surface area contributed by atoms with Crippen molar-refractivity contribution in [3.05, 3.63) is 30.1 Å². The summed E-state index contributed by atoms with van der Waals surface area (Å²) in [5.41, 5.74) is 1.33. The van der Waals surface area contributed by atoms with Gasteiger partial charge in [-0.1, -0.05) is 6.07 Å². The van der Waals surface area contributed by atoms with Crippen LogP contribution in [0.25, 0.3) is 0 Å². The van der Waals surface area contributed by atoms with Crippen LogP contribution in [0.5, 0.6) is 0 Å². The number of hydrogen-bond donors (Lipinski definition) is 0. The summed E-state index contributed by atoms with van der Waals surface area (Å²) < 4.78 is 5.29. The molecule has 0 spiro atoms. The number of ether oxygens (including phenoxy) is 1. The molecule has 1 unspecified atom stereocenters. The first-order valence-corrected chi connectivity index (χ1v) is 4.32. The van der Waals surface area contributed by atoms with Crippen LogP contribution in [-0.2, 0) is 11.2 Å². The second-order valence-electron chi connectivity index (χ2n) is 3.56. The van der Waals surface area contributed by atoms with Crippen LogP contribution in [0.2, 0.25) is 0 Å². The Morgan fingerprint density at radius 1 is 1.58 bits per heavy atom. The van der Waals surface area contributed by atoms with Gasteiger partial charge >= 0.3 is 0 Å². The van der Waals surface area contributed by atoms with E-state index in [2.05, 4.69) is 18.0 Å². The first-order valence-electron chi connectivity index (χ1n) is 4.32. The maximum atomic E-state index is 5.29. The molecular formula is C10H13NO. The van der Waals surface area contributed by atoms with Gasteiger partial charge in [-0.2, -0.15) is 0 Å². The molecule has 0 aliphatic carbocycles. The quantitative estimate of drug-likeness (QED) is 0.635. The number of hydrogen-bond acceptors (Lipinski definition) is 2. The molecule has 1 aromatic heterocycles. The number of pyridine rings is 1. The summed E-state index contributed by atoms with van der Waals surface area (Å²) in [5.74, 6) is 0. The minimum atomic E-state index is 0.164. The van der Waals surface area contributed by atoms with E-state index in [9.17, 15) is 0 Å². The fourth-order valence-electron chi connectivity index (χ4n) is 1.21. The van der Waals surface area contributed by atoms with Gasteiger partial charge in [-0.3, -0.25) is 4.98 Å². The normalized spacial score (nSPS) is 27.1. The molecule has 2 heteroatoms. The third kappa shape index (κ3) is 1.83. The maximum Gasteiger partial charge on any atom is 0.0892 e. The molecule has 12 heavy (non-hydrogen) atoms. The highest BCUT2D eigenvalue weighted by Gasteiger charge is 2.38. The summed E-state index contributed by atoms with van der Waals surface area (Å²) in [5, 5.41) is 0. The molecule has 2 nitrogen and oxygen atoms in total. The van der Waals surface area contributed by atoms with Crippen LogP contribution >= 0.6 is 0 Å². The number of epoxide rings is 1. The van der Waals surface area contributed by atoms with Crippen molar-refractivity contribution in [1.29, 1.82) is 0 Å². The Morgan fingerprint density at radius 2 is 2.42 bits per heavy atom. The molecule has 64 valence electrons. The van der Waals surface area contributed by atoms with Gasteiger partial charge in [0.2, 0.25) is 0 Å². The minimum Gasteiger partial charge on any atom is -0.370 e. The van der Waals surface area contributed by atoms with Crippen molar-refractivity contribution in [1.82, 2.24) is 4.98 Å². The average molecular weight is 163 g/mol.